The Balaban J connectivity index is 1.95. The third kappa shape index (κ3) is 11.2. The molecular formula is C20H42O9Si2. The van der Waals surface area contributed by atoms with E-state index in [1.165, 1.54) is 0 Å². The van der Waals surface area contributed by atoms with E-state index in [2.05, 4.69) is 0 Å². The van der Waals surface area contributed by atoms with E-state index in [0.717, 1.165) is 26.1 Å². The van der Waals surface area contributed by atoms with E-state index in [1.54, 1.807) is 0 Å². The number of hydrogen-bond acceptors (Lipinski definition) is 9. The van der Waals surface area contributed by atoms with E-state index < -0.39 is 17.6 Å². The third-order valence-electron chi connectivity index (χ3n) is 4.72. The van der Waals surface area contributed by atoms with Crippen molar-refractivity contribution in [2.45, 2.75) is 64.8 Å². The van der Waals surface area contributed by atoms with Crippen LogP contribution in [0.4, 0.5) is 0 Å². The summed E-state index contributed by atoms with van der Waals surface area (Å²) in [5.41, 5.74) is 0. The van der Waals surface area contributed by atoms with Crippen LogP contribution in [0.1, 0.15) is 40.5 Å². The first-order chi connectivity index (χ1) is 15.1. The summed E-state index contributed by atoms with van der Waals surface area (Å²) in [5, 5.41) is 0. The molecule has 9 nitrogen and oxygen atoms in total. The molecule has 2 heterocycles. The first-order valence-corrected chi connectivity index (χ1v) is 15.6. The molecule has 0 N–H and O–H groups in total. The van der Waals surface area contributed by atoms with Crippen LogP contribution in [-0.4, -0.2) is 95.9 Å². The van der Waals surface area contributed by atoms with E-state index in [4.69, 9.17) is 40.8 Å². The molecule has 2 aliphatic rings. The van der Waals surface area contributed by atoms with Crippen molar-refractivity contribution in [3.63, 3.8) is 0 Å². The van der Waals surface area contributed by atoms with Gasteiger partial charge in [0.25, 0.3) is 0 Å². The fourth-order valence-corrected chi connectivity index (χ4v) is 10.6. The van der Waals surface area contributed by atoms with Crippen LogP contribution in [0, 0.1) is 0 Å². The van der Waals surface area contributed by atoms with Crippen molar-refractivity contribution in [1.29, 1.82) is 0 Å². The van der Waals surface area contributed by atoms with Crippen LogP contribution in [0.2, 0.25) is 12.1 Å². The molecular weight excluding hydrogens is 440 g/mol. The molecule has 2 unspecified atom stereocenters. The van der Waals surface area contributed by atoms with Gasteiger partial charge in [-0.05, 0) is 40.5 Å². The molecule has 0 radical (unpaired) electrons. The quantitative estimate of drug-likeness (QED) is 0.131. The minimum Gasteiger partial charge on any atom is -0.379 e. The van der Waals surface area contributed by atoms with Crippen LogP contribution >= 0.6 is 0 Å². The minimum absolute atomic E-state index is 0.265. The van der Waals surface area contributed by atoms with E-state index in [-0.39, 0.29) is 12.2 Å². The van der Waals surface area contributed by atoms with Crippen LogP contribution in [-0.2, 0) is 40.8 Å². The van der Waals surface area contributed by atoms with Gasteiger partial charge in [-0.2, -0.15) is 0 Å². The molecule has 0 saturated carbocycles. The van der Waals surface area contributed by atoms with Gasteiger partial charge in [-0.1, -0.05) is 0 Å². The predicted octanol–water partition coefficient (Wildman–Crippen LogP) is 2.64. The average Bonchev–Trinajstić information content (AvgIpc) is 3.64. The maximum Gasteiger partial charge on any atom is 0.493 e. The van der Waals surface area contributed by atoms with E-state index in [9.17, 15) is 0 Å². The first-order valence-electron chi connectivity index (χ1n) is 11.8. The molecule has 0 aromatic heterocycles. The van der Waals surface area contributed by atoms with Crippen molar-refractivity contribution in [3.05, 3.63) is 0 Å². The summed E-state index contributed by atoms with van der Waals surface area (Å²) in [6.07, 6.45) is 2.10. The van der Waals surface area contributed by atoms with Gasteiger partial charge in [0, 0.05) is 51.7 Å². The van der Waals surface area contributed by atoms with E-state index in [0.29, 0.717) is 64.9 Å². The number of epoxide rings is 2. The molecule has 2 atom stereocenters. The first kappa shape index (κ1) is 27.3. The van der Waals surface area contributed by atoms with Gasteiger partial charge in [-0.15, -0.1) is 0 Å². The Morgan fingerprint density at radius 3 is 1.29 bits per heavy atom. The van der Waals surface area contributed by atoms with Crippen LogP contribution < -0.4 is 0 Å². The number of ether oxygens (including phenoxy) is 4. The molecule has 31 heavy (non-hydrogen) atoms. The number of rotatable bonds is 22. The Kier molecular flexibility index (Phi) is 13.3. The van der Waals surface area contributed by atoms with Crippen molar-refractivity contribution in [2.24, 2.45) is 0 Å². The fourth-order valence-electron chi connectivity index (χ4n) is 3.25. The summed E-state index contributed by atoms with van der Waals surface area (Å²) in [6, 6.07) is 1.31. The van der Waals surface area contributed by atoms with Crippen LogP contribution in [0.15, 0.2) is 0 Å². The zero-order valence-electron chi connectivity index (χ0n) is 19.7. The zero-order valence-corrected chi connectivity index (χ0v) is 21.7. The maximum absolute atomic E-state index is 6.70. The Labute approximate surface area is 189 Å². The molecule has 0 aromatic carbocycles. The highest BCUT2D eigenvalue weighted by atomic mass is 28.5. The Morgan fingerprint density at radius 2 is 1.00 bits per heavy atom. The molecule has 11 heteroatoms. The highest BCUT2D eigenvalue weighted by Crippen LogP contribution is 2.28. The van der Waals surface area contributed by atoms with Gasteiger partial charge >= 0.3 is 17.6 Å². The second kappa shape index (κ2) is 15.1. The van der Waals surface area contributed by atoms with Crippen LogP contribution in [0.25, 0.3) is 0 Å². The minimum atomic E-state index is -3.00. The second-order valence-corrected chi connectivity index (χ2v) is 13.2. The molecule has 2 rings (SSSR count). The van der Waals surface area contributed by atoms with E-state index >= 15 is 0 Å². The standard InChI is InChI=1S/C20H42O9Si2/c1-5-25-30(26-6-2,13-9-11-21-15-19-17-23-19)29-31(27-7-3,28-8-4)14-10-12-22-16-20-18-24-20/h19-20H,5-18H2,1-4H3. The fraction of sp³-hybridized carbons (Fsp3) is 1.00. The Bertz CT molecular complexity index is 412. The van der Waals surface area contributed by atoms with E-state index in [1.807, 2.05) is 27.7 Å². The smallest absolute Gasteiger partial charge is 0.379 e. The van der Waals surface area contributed by atoms with Gasteiger partial charge in [0.1, 0.15) is 12.2 Å². The highest BCUT2D eigenvalue weighted by Gasteiger charge is 2.53. The van der Waals surface area contributed by atoms with Gasteiger partial charge in [0.05, 0.1) is 26.4 Å². The lowest BCUT2D eigenvalue weighted by Gasteiger charge is -2.38. The van der Waals surface area contributed by atoms with Crippen molar-refractivity contribution in [2.75, 3.05) is 66.1 Å². The van der Waals surface area contributed by atoms with Gasteiger partial charge in [-0.25, -0.2) is 0 Å². The molecule has 0 spiro atoms. The maximum atomic E-state index is 6.70. The highest BCUT2D eigenvalue weighted by molar-refractivity contribution is 6.75. The monoisotopic (exact) mass is 482 g/mol. The SMILES string of the molecule is CCO[Si](CCCOCC1CO1)(OCC)O[Si](CCCOCC1CO1)(OCC)OCC. The Hall–Kier alpha value is 0.0738. The summed E-state index contributed by atoms with van der Waals surface area (Å²) >= 11 is 0. The lowest BCUT2D eigenvalue weighted by Crippen LogP contribution is -2.59. The lowest BCUT2D eigenvalue weighted by molar-refractivity contribution is 0.0439. The van der Waals surface area contributed by atoms with Crippen molar-refractivity contribution < 1.29 is 40.8 Å². The summed E-state index contributed by atoms with van der Waals surface area (Å²) in [6.45, 7) is 14.0. The summed E-state index contributed by atoms with van der Waals surface area (Å²) in [5.74, 6) is 0. The van der Waals surface area contributed by atoms with Crippen molar-refractivity contribution in [1.82, 2.24) is 0 Å². The molecule has 184 valence electrons. The van der Waals surface area contributed by atoms with Crippen LogP contribution in [0.5, 0.6) is 0 Å². The largest absolute Gasteiger partial charge is 0.493 e. The van der Waals surface area contributed by atoms with Gasteiger partial charge in [-0.3, -0.25) is 0 Å². The lowest BCUT2D eigenvalue weighted by atomic mass is 10.5. The average molecular weight is 483 g/mol. The molecule has 2 aliphatic heterocycles. The predicted molar refractivity (Wildman–Crippen MR) is 119 cm³/mol. The third-order valence-corrected chi connectivity index (χ3v) is 12.1. The number of hydrogen-bond donors (Lipinski definition) is 0. The molecule has 0 amide bonds. The molecule has 0 aliphatic carbocycles. The molecule has 0 aromatic rings. The van der Waals surface area contributed by atoms with Gasteiger partial charge in [0.2, 0.25) is 0 Å². The zero-order chi connectivity index (χ0) is 22.4. The summed E-state index contributed by atoms with van der Waals surface area (Å²) in [4.78, 5) is 0. The Morgan fingerprint density at radius 1 is 0.645 bits per heavy atom. The topological polar surface area (TPSA) is 89.7 Å². The molecule has 0 bridgehead atoms. The van der Waals surface area contributed by atoms with Gasteiger partial charge < -0.3 is 40.8 Å². The summed E-state index contributed by atoms with van der Waals surface area (Å²) in [7, 11) is -6.01. The van der Waals surface area contributed by atoms with Crippen molar-refractivity contribution in [3.8, 4) is 0 Å². The van der Waals surface area contributed by atoms with Gasteiger partial charge in [0.15, 0.2) is 0 Å². The molecule has 2 fully saturated rings. The van der Waals surface area contributed by atoms with Crippen LogP contribution in [0.3, 0.4) is 0 Å². The normalized spacial score (nSPS) is 20.9. The molecule has 2 saturated heterocycles. The second-order valence-electron chi connectivity index (χ2n) is 7.47. The van der Waals surface area contributed by atoms with Crippen molar-refractivity contribution >= 4 is 17.6 Å². The summed E-state index contributed by atoms with van der Waals surface area (Å²) < 4.78 is 53.1.